The number of halogens is 3. The van der Waals surface area contributed by atoms with Crippen molar-refractivity contribution in [1.82, 2.24) is 15.1 Å². The highest BCUT2D eigenvalue weighted by molar-refractivity contribution is 6.06. The summed E-state index contributed by atoms with van der Waals surface area (Å²) in [5.41, 5.74) is 1.64. The number of rotatable bonds is 7. The number of hydrogen-bond donors (Lipinski definition) is 2. The second-order valence-electron chi connectivity index (χ2n) is 8.90. The van der Waals surface area contributed by atoms with Crippen molar-refractivity contribution in [3.05, 3.63) is 71.8 Å². The standard InChI is InChI=1S/C26H31F3N6O/c1-3-5-24(35-12-14-36-15-13-35)32-25(31-23-17-22(33-34-23)20-10-11-20)30-18(2)8-9-19-6-4-7-21(16-19)26(27,28)29/h3,5-6,8-9,16-17,20H,1,4,7,10-15H2,2H3,(H2,31,32,33,34)/b9-8+,24-5-,30-18+. The van der Waals surface area contributed by atoms with Crippen molar-refractivity contribution in [2.24, 2.45) is 9.98 Å². The molecule has 192 valence electrons. The van der Waals surface area contributed by atoms with Gasteiger partial charge in [-0.1, -0.05) is 24.8 Å². The molecule has 1 aliphatic heterocycles. The number of nitrogens with one attached hydrogen (secondary N) is 2. The second kappa shape index (κ2) is 11.6. The first-order valence-corrected chi connectivity index (χ1v) is 12.1. The fourth-order valence-electron chi connectivity index (χ4n) is 3.91. The van der Waals surface area contributed by atoms with E-state index in [2.05, 4.69) is 32.0 Å². The minimum absolute atomic E-state index is 0.00109. The van der Waals surface area contributed by atoms with Crippen LogP contribution in [-0.2, 0) is 4.74 Å². The van der Waals surface area contributed by atoms with Gasteiger partial charge >= 0.3 is 6.18 Å². The van der Waals surface area contributed by atoms with E-state index >= 15 is 0 Å². The Morgan fingerprint density at radius 1 is 1.28 bits per heavy atom. The van der Waals surface area contributed by atoms with Crippen molar-refractivity contribution in [1.29, 1.82) is 0 Å². The Bertz CT molecular complexity index is 1130. The van der Waals surface area contributed by atoms with Crippen molar-refractivity contribution in [3.8, 4) is 0 Å². The molecule has 1 aromatic heterocycles. The predicted molar refractivity (Wildman–Crippen MR) is 136 cm³/mol. The largest absolute Gasteiger partial charge is 0.412 e. The highest BCUT2D eigenvalue weighted by Gasteiger charge is 2.33. The molecule has 0 aromatic carbocycles. The maximum absolute atomic E-state index is 13.1. The van der Waals surface area contributed by atoms with Gasteiger partial charge in [-0.15, -0.1) is 0 Å². The van der Waals surface area contributed by atoms with Gasteiger partial charge in [-0.3, -0.25) is 5.10 Å². The molecule has 0 atom stereocenters. The monoisotopic (exact) mass is 500 g/mol. The third-order valence-corrected chi connectivity index (χ3v) is 5.98. The van der Waals surface area contributed by atoms with Crippen LogP contribution < -0.4 is 5.32 Å². The van der Waals surface area contributed by atoms with E-state index in [0.717, 1.165) is 18.5 Å². The molecule has 0 bridgehead atoms. The van der Waals surface area contributed by atoms with Crippen LogP contribution in [0, 0.1) is 0 Å². The minimum Gasteiger partial charge on any atom is -0.378 e. The van der Waals surface area contributed by atoms with E-state index < -0.39 is 11.7 Å². The zero-order chi connectivity index (χ0) is 25.5. The number of morpholine rings is 1. The summed E-state index contributed by atoms with van der Waals surface area (Å²) in [5.74, 6) is 2.12. The van der Waals surface area contributed by atoms with Gasteiger partial charge in [0.05, 0.1) is 13.2 Å². The van der Waals surface area contributed by atoms with Crippen LogP contribution in [0.1, 0.15) is 44.2 Å². The Morgan fingerprint density at radius 2 is 2.06 bits per heavy atom. The topological polar surface area (TPSA) is 77.9 Å². The van der Waals surface area contributed by atoms with Crippen LogP contribution in [0.5, 0.6) is 0 Å². The summed E-state index contributed by atoms with van der Waals surface area (Å²) in [6.07, 6.45) is 8.12. The van der Waals surface area contributed by atoms with Crippen LogP contribution >= 0.6 is 0 Å². The summed E-state index contributed by atoms with van der Waals surface area (Å²) in [6.45, 7) is 8.16. The van der Waals surface area contributed by atoms with Crippen molar-refractivity contribution < 1.29 is 17.9 Å². The van der Waals surface area contributed by atoms with Gasteiger partial charge in [-0.2, -0.15) is 23.3 Å². The molecule has 0 amide bonds. The van der Waals surface area contributed by atoms with E-state index in [4.69, 9.17) is 9.73 Å². The van der Waals surface area contributed by atoms with Gasteiger partial charge in [-0.05, 0) is 56.4 Å². The molecule has 1 saturated carbocycles. The molecule has 2 N–H and O–H groups in total. The van der Waals surface area contributed by atoms with Gasteiger partial charge in [0.2, 0.25) is 5.96 Å². The maximum atomic E-state index is 13.1. The lowest BCUT2D eigenvalue weighted by atomic mass is 9.98. The Labute approximate surface area is 208 Å². The zero-order valence-electron chi connectivity index (χ0n) is 20.3. The quantitative estimate of drug-likeness (QED) is 0.289. The fraction of sp³-hybridized carbons (Fsp3) is 0.423. The molecule has 7 nitrogen and oxygen atoms in total. The van der Waals surface area contributed by atoms with Gasteiger partial charge in [0, 0.05) is 42.1 Å². The molecule has 36 heavy (non-hydrogen) atoms. The fourth-order valence-corrected chi connectivity index (χ4v) is 3.91. The first kappa shape index (κ1) is 25.7. The summed E-state index contributed by atoms with van der Waals surface area (Å²) in [7, 11) is 0. The number of aromatic nitrogens is 2. The zero-order valence-corrected chi connectivity index (χ0v) is 20.3. The predicted octanol–water partition coefficient (Wildman–Crippen LogP) is 5.64. The summed E-state index contributed by atoms with van der Waals surface area (Å²) in [4.78, 5) is 11.5. The van der Waals surface area contributed by atoms with Crippen LogP contribution in [0.2, 0.25) is 0 Å². The lowest BCUT2D eigenvalue weighted by Gasteiger charge is -2.28. The Morgan fingerprint density at radius 3 is 2.75 bits per heavy atom. The van der Waals surface area contributed by atoms with Crippen molar-refractivity contribution in [2.45, 2.75) is 44.7 Å². The highest BCUT2D eigenvalue weighted by atomic mass is 19.4. The number of allylic oxidation sites excluding steroid dienone is 8. The van der Waals surface area contributed by atoms with Crippen molar-refractivity contribution in [2.75, 3.05) is 31.6 Å². The first-order chi connectivity index (χ1) is 17.3. The molecular formula is C26H31F3N6O. The molecule has 0 unspecified atom stereocenters. The van der Waals surface area contributed by atoms with Crippen LogP contribution in [0.4, 0.5) is 19.0 Å². The molecule has 0 spiro atoms. The molecule has 2 heterocycles. The van der Waals surface area contributed by atoms with Crippen LogP contribution in [0.25, 0.3) is 0 Å². The lowest BCUT2D eigenvalue weighted by Crippen LogP contribution is -2.35. The van der Waals surface area contributed by atoms with Crippen LogP contribution in [-0.4, -0.2) is 59.2 Å². The van der Waals surface area contributed by atoms with Crippen LogP contribution in [0.3, 0.4) is 0 Å². The molecular weight excluding hydrogens is 469 g/mol. The SMILES string of the molecule is C=C/C=C(/N=C(\N=C(C)\C=C\C1=CCCC(C(F)(F)F)=C1)Nc1cc(C2CC2)[nH]n1)N1CCOCC1. The number of ether oxygens (including phenoxy) is 1. The van der Waals surface area contributed by atoms with Crippen molar-refractivity contribution >= 4 is 17.5 Å². The number of guanidine groups is 1. The van der Waals surface area contributed by atoms with E-state index in [-0.39, 0.29) is 6.42 Å². The second-order valence-corrected chi connectivity index (χ2v) is 8.90. The third-order valence-electron chi connectivity index (χ3n) is 5.98. The average molecular weight is 501 g/mol. The molecule has 0 radical (unpaired) electrons. The van der Waals surface area contributed by atoms with Gasteiger partial charge in [-0.25, -0.2) is 4.99 Å². The van der Waals surface area contributed by atoms with Gasteiger partial charge in [0.25, 0.3) is 0 Å². The number of anilines is 1. The Balaban J connectivity index is 1.57. The smallest absolute Gasteiger partial charge is 0.378 e. The van der Waals surface area contributed by atoms with Gasteiger partial charge < -0.3 is 15.0 Å². The molecule has 2 fully saturated rings. The normalized spacial score (nSPS) is 20.4. The van der Waals surface area contributed by atoms with Gasteiger partial charge in [0.1, 0.15) is 5.82 Å². The van der Waals surface area contributed by atoms with E-state index in [9.17, 15) is 13.2 Å². The summed E-state index contributed by atoms with van der Waals surface area (Å²) in [5, 5.41) is 10.6. The maximum Gasteiger partial charge on any atom is 0.412 e. The number of alkyl halides is 3. The summed E-state index contributed by atoms with van der Waals surface area (Å²) < 4.78 is 44.7. The lowest BCUT2D eigenvalue weighted by molar-refractivity contribution is -0.0941. The van der Waals surface area contributed by atoms with E-state index in [1.54, 1.807) is 31.2 Å². The number of nitrogens with zero attached hydrogens (tertiary/aromatic N) is 4. The summed E-state index contributed by atoms with van der Waals surface area (Å²) >= 11 is 0. The average Bonchev–Trinajstić information content (AvgIpc) is 3.61. The number of H-pyrrole nitrogens is 1. The molecule has 4 rings (SSSR count). The minimum atomic E-state index is -4.31. The molecule has 3 aliphatic rings. The van der Waals surface area contributed by atoms with E-state index in [1.165, 1.54) is 6.08 Å². The van der Waals surface area contributed by atoms with Gasteiger partial charge in [0.15, 0.2) is 5.82 Å². The first-order valence-electron chi connectivity index (χ1n) is 12.1. The highest BCUT2D eigenvalue weighted by Crippen LogP contribution is 2.39. The van der Waals surface area contributed by atoms with E-state index in [1.807, 2.05) is 12.1 Å². The van der Waals surface area contributed by atoms with E-state index in [0.29, 0.717) is 67.5 Å². The Kier molecular flexibility index (Phi) is 8.25. The molecule has 1 aromatic rings. The number of aromatic amines is 1. The molecule has 1 saturated heterocycles. The number of hydrogen-bond acceptors (Lipinski definition) is 4. The van der Waals surface area contributed by atoms with Crippen LogP contribution in [0.15, 0.2) is 76.1 Å². The Hall–Kier alpha value is -3.40. The van der Waals surface area contributed by atoms with Crippen molar-refractivity contribution in [3.63, 3.8) is 0 Å². The number of aliphatic imine (C=N–C) groups is 2. The molecule has 10 heteroatoms. The summed E-state index contributed by atoms with van der Waals surface area (Å²) in [6, 6.07) is 1.95. The third kappa shape index (κ3) is 7.30. The molecule has 2 aliphatic carbocycles.